The Morgan fingerprint density at radius 3 is 2.48 bits per heavy atom. The van der Waals surface area contributed by atoms with Crippen LogP contribution < -0.4 is 5.43 Å². The number of para-hydroxylation sites is 1. The van der Waals surface area contributed by atoms with E-state index in [1.807, 2.05) is 0 Å². The minimum Gasteiger partial charge on any atom is -0.507 e. The molecule has 0 bridgehead atoms. The van der Waals surface area contributed by atoms with Gasteiger partial charge in [0.05, 0.1) is 23.1 Å². The number of esters is 1. The molecule has 1 heterocycles. The van der Waals surface area contributed by atoms with E-state index in [1.54, 1.807) is 55.5 Å². The second kappa shape index (κ2) is 10.8. The van der Waals surface area contributed by atoms with Crippen LogP contribution in [-0.2, 0) is 4.74 Å². The lowest BCUT2D eigenvalue weighted by Crippen LogP contribution is -2.09. The molecule has 0 fully saturated rings. The van der Waals surface area contributed by atoms with E-state index in [0.717, 1.165) is 11.8 Å². The van der Waals surface area contributed by atoms with Gasteiger partial charge in [0.15, 0.2) is 0 Å². The zero-order chi connectivity index (χ0) is 24.0. The number of alkyl halides is 1. The van der Waals surface area contributed by atoms with Crippen molar-refractivity contribution in [3.8, 4) is 5.75 Å². The van der Waals surface area contributed by atoms with Gasteiger partial charge in [0.2, 0.25) is 5.43 Å². The van der Waals surface area contributed by atoms with E-state index < -0.39 is 11.9 Å². The third kappa shape index (κ3) is 5.59. The van der Waals surface area contributed by atoms with Gasteiger partial charge in [0, 0.05) is 5.33 Å². The van der Waals surface area contributed by atoms with Crippen LogP contribution in [0.25, 0.3) is 21.9 Å². The zero-order valence-electron chi connectivity index (χ0n) is 17.7. The van der Waals surface area contributed by atoms with Crippen LogP contribution in [0.2, 0.25) is 0 Å². The summed E-state index contributed by atoms with van der Waals surface area (Å²) in [4.78, 5) is 34.6. The van der Waals surface area contributed by atoms with E-state index in [2.05, 4.69) is 15.9 Å². The van der Waals surface area contributed by atoms with Gasteiger partial charge in [-0.15, -0.1) is 0 Å². The molecule has 1 aromatic heterocycles. The maximum atomic E-state index is 12.1. The summed E-state index contributed by atoms with van der Waals surface area (Å²) in [7, 11) is 0. The molecule has 4 aromatic rings. The van der Waals surface area contributed by atoms with Crippen molar-refractivity contribution in [1.29, 1.82) is 0 Å². The van der Waals surface area contributed by atoms with Gasteiger partial charge in [-0.25, -0.2) is 9.59 Å². The summed E-state index contributed by atoms with van der Waals surface area (Å²) in [6.07, 6.45) is 0.726. The highest BCUT2D eigenvalue weighted by Crippen LogP contribution is 2.24. The summed E-state index contributed by atoms with van der Waals surface area (Å²) in [5.74, 6) is -1.58. The molecule has 0 atom stereocenters. The van der Waals surface area contributed by atoms with Crippen molar-refractivity contribution < 1.29 is 29.0 Å². The second-order valence-corrected chi connectivity index (χ2v) is 7.88. The van der Waals surface area contributed by atoms with Crippen LogP contribution >= 0.6 is 15.9 Å². The summed E-state index contributed by atoms with van der Waals surface area (Å²) >= 11 is 3.23. The molecule has 0 saturated carbocycles. The molecule has 0 unspecified atom stereocenters. The van der Waals surface area contributed by atoms with Crippen LogP contribution in [0.3, 0.4) is 0 Å². The summed E-state index contributed by atoms with van der Waals surface area (Å²) < 4.78 is 10.5. The molecule has 0 radical (unpaired) electrons. The lowest BCUT2D eigenvalue weighted by molar-refractivity contribution is 0.0506. The molecule has 0 saturated heterocycles. The van der Waals surface area contributed by atoms with Crippen molar-refractivity contribution in [1.82, 2.24) is 0 Å². The highest BCUT2D eigenvalue weighted by Gasteiger charge is 2.13. The van der Waals surface area contributed by atoms with Gasteiger partial charge in [0.1, 0.15) is 22.3 Å². The van der Waals surface area contributed by atoms with Crippen molar-refractivity contribution in [3.63, 3.8) is 0 Å². The lowest BCUT2D eigenvalue weighted by atomic mass is 10.1. The largest absolute Gasteiger partial charge is 0.507 e. The number of aromatic hydroxyl groups is 1. The van der Waals surface area contributed by atoms with Gasteiger partial charge in [-0.2, -0.15) is 0 Å². The number of hydrogen-bond acceptors (Lipinski definition) is 6. The monoisotopic (exact) mass is 512 g/mol. The molecule has 0 aliphatic rings. The van der Waals surface area contributed by atoms with E-state index >= 15 is 0 Å². The number of carbonyl (C=O) groups excluding carboxylic acids is 1. The molecule has 33 heavy (non-hydrogen) atoms. The Hall–Kier alpha value is -3.65. The topological polar surface area (TPSA) is 114 Å². The minimum atomic E-state index is -1.04. The first-order chi connectivity index (χ1) is 15.8. The Labute approximate surface area is 197 Å². The number of carboxylic acids is 1. The number of aryl methyl sites for hydroxylation is 1. The van der Waals surface area contributed by atoms with E-state index in [-0.39, 0.29) is 27.7 Å². The van der Waals surface area contributed by atoms with E-state index in [9.17, 15) is 19.5 Å². The number of halogens is 1. The van der Waals surface area contributed by atoms with Crippen LogP contribution in [0.4, 0.5) is 0 Å². The average Bonchev–Trinajstić information content (AvgIpc) is 2.80. The molecule has 0 aliphatic carbocycles. The fraction of sp³-hybridized carbons (Fsp3) is 0.160. The molecular weight excluding hydrogens is 492 g/mol. The number of phenolic OH excluding ortho intramolecular Hbond substituents is 1. The fourth-order valence-corrected chi connectivity index (χ4v) is 3.34. The van der Waals surface area contributed by atoms with Gasteiger partial charge in [0.25, 0.3) is 0 Å². The van der Waals surface area contributed by atoms with Gasteiger partial charge in [-0.1, -0.05) is 40.2 Å². The Balaban J connectivity index is 0.000000186. The van der Waals surface area contributed by atoms with Crippen LogP contribution in [-0.4, -0.2) is 34.1 Å². The number of benzene rings is 3. The average molecular weight is 513 g/mol. The summed E-state index contributed by atoms with van der Waals surface area (Å²) in [6, 6.07) is 16.3. The Bertz CT molecular complexity index is 1370. The molecule has 8 heteroatoms. The lowest BCUT2D eigenvalue weighted by Gasteiger charge is -2.06. The predicted octanol–water partition coefficient (Wildman–Crippen LogP) is 5.29. The first-order valence-electron chi connectivity index (χ1n) is 10.0. The SMILES string of the molecule is Cc1ccc(C(=O)OCCCBr)cc1C(=O)O.O=c1c2ccccc2oc2cccc(O)c12. The normalized spacial score (nSPS) is 10.5. The molecular formula is C25H21BrO7. The van der Waals surface area contributed by atoms with Gasteiger partial charge in [-0.05, 0) is 55.3 Å². The summed E-state index contributed by atoms with van der Waals surface area (Å²) in [5.41, 5.74) is 1.75. The number of ether oxygens (including phenoxy) is 1. The van der Waals surface area contributed by atoms with Gasteiger partial charge in [-0.3, -0.25) is 4.79 Å². The number of hydrogen-bond donors (Lipinski definition) is 2. The number of carboxylic acid groups (broad SMARTS) is 1. The van der Waals surface area contributed by atoms with Crippen molar-refractivity contribution in [2.24, 2.45) is 0 Å². The minimum absolute atomic E-state index is 0.0444. The smallest absolute Gasteiger partial charge is 0.338 e. The maximum Gasteiger partial charge on any atom is 0.338 e. The zero-order valence-corrected chi connectivity index (χ0v) is 19.3. The molecule has 3 aromatic carbocycles. The third-order valence-corrected chi connectivity index (χ3v) is 5.36. The Kier molecular flexibility index (Phi) is 7.84. The number of fused-ring (bicyclic) bond motifs is 2. The standard InChI is InChI=1S/C13H8O3.C12H13BrO4/c14-9-5-3-7-11-12(9)13(15)8-4-1-2-6-10(8)16-11;1-8-3-4-9(7-10(8)11(14)15)12(16)17-6-2-5-13/h1-7,14H;3-4,7H,2,5-6H2,1H3,(H,14,15). The molecule has 0 amide bonds. The van der Waals surface area contributed by atoms with Crippen molar-refractivity contribution in [3.05, 3.63) is 87.6 Å². The number of rotatable bonds is 5. The number of phenols is 1. The first kappa shape index (κ1) is 24.0. The molecule has 4 rings (SSSR count). The summed E-state index contributed by atoms with van der Waals surface area (Å²) in [5, 5.41) is 20.1. The van der Waals surface area contributed by atoms with Gasteiger partial charge < -0.3 is 19.4 Å². The Morgan fingerprint density at radius 1 is 1.03 bits per heavy atom. The van der Waals surface area contributed by atoms with Crippen LogP contribution in [0.15, 0.2) is 69.9 Å². The number of carbonyl (C=O) groups is 2. The van der Waals surface area contributed by atoms with E-state index in [4.69, 9.17) is 14.3 Å². The van der Waals surface area contributed by atoms with Crippen LogP contribution in [0.5, 0.6) is 5.75 Å². The second-order valence-electron chi connectivity index (χ2n) is 7.09. The van der Waals surface area contributed by atoms with E-state index in [0.29, 0.717) is 28.7 Å². The molecule has 2 N–H and O–H groups in total. The quantitative estimate of drug-likeness (QED) is 0.161. The van der Waals surface area contributed by atoms with Crippen molar-refractivity contribution in [2.75, 3.05) is 11.9 Å². The third-order valence-electron chi connectivity index (χ3n) is 4.80. The van der Waals surface area contributed by atoms with Crippen molar-refractivity contribution in [2.45, 2.75) is 13.3 Å². The van der Waals surface area contributed by atoms with Gasteiger partial charge >= 0.3 is 11.9 Å². The van der Waals surface area contributed by atoms with Crippen LogP contribution in [0.1, 0.15) is 32.7 Å². The molecule has 0 spiro atoms. The Morgan fingerprint density at radius 2 is 1.76 bits per heavy atom. The molecule has 7 nitrogen and oxygen atoms in total. The predicted molar refractivity (Wildman–Crippen MR) is 128 cm³/mol. The summed E-state index contributed by atoms with van der Waals surface area (Å²) in [6.45, 7) is 2.00. The first-order valence-corrected chi connectivity index (χ1v) is 11.2. The number of aromatic carboxylic acids is 1. The molecule has 0 aliphatic heterocycles. The fourth-order valence-electron chi connectivity index (χ4n) is 3.11. The van der Waals surface area contributed by atoms with Crippen LogP contribution in [0, 0.1) is 6.92 Å². The highest BCUT2D eigenvalue weighted by molar-refractivity contribution is 9.09. The highest BCUT2D eigenvalue weighted by atomic mass is 79.9. The van der Waals surface area contributed by atoms with Crippen molar-refractivity contribution >= 4 is 49.8 Å². The molecule has 170 valence electrons. The maximum absolute atomic E-state index is 12.1. The van der Waals surface area contributed by atoms with E-state index in [1.165, 1.54) is 12.1 Å².